The molecule has 0 aromatic carbocycles. The molecule has 7 heteroatoms. The molecule has 1 rings (SSSR count). The van der Waals surface area contributed by atoms with Gasteiger partial charge in [-0.1, -0.05) is 0 Å². The molecule has 1 heterocycles. The number of carboxylic acid groups (broad SMARTS) is 1. The number of aliphatic carboxylic acids is 1. The molecule has 0 aliphatic rings. The molecule has 18 heavy (non-hydrogen) atoms. The number of rotatable bonds is 7. The molecule has 0 aliphatic heterocycles. The first kappa shape index (κ1) is 14.1. The summed E-state index contributed by atoms with van der Waals surface area (Å²) in [6, 6.07) is 0.0369. The summed E-state index contributed by atoms with van der Waals surface area (Å²) in [6.07, 6.45) is 3.38. The first-order valence-electron chi connectivity index (χ1n) is 5.84. The fourth-order valence-electron chi connectivity index (χ4n) is 1.62. The van der Waals surface area contributed by atoms with Crippen molar-refractivity contribution in [2.75, 3.05) is 6.54 Å². The number of carboxylic acids is 1. The fraction of sp³-hybridized carbons (Fsp3) is 0.636. The van der Waals surface area contributed by atoms with Crippen LogP contribution in [0, 0.1) is 0 Å². The van der Waals surface area contributed by atoms with E-state index in [1.54, 1.807) is 4.90 Å². The average Bonchev–Trinajstić information content (AvgIpc) is 2.75. The van der Waals surface area contributed by atoms with Crippen molar-refractivity contribution in [2.45, 2.75) is 39.3 Å². The monoisotopic (exact) mass is 254 g/mol. The van der Waals surface area contributed by atoms with Crippen molar-refractivity contribution in [1.29, 1.82) is 0 Å². The lowest BCUT2D eigenvalue weighted by atomic mass is 10.2. The van der Waals surface area contributed by atoms with E-state index < -0.39 is 5.97 Å². The molecule has 1 amide bonds. The van der Waals surface area contributed by atoms with Gasteiger partial charge in [0.2, 0.25) is 5.91 Å². The number of nitrogens with zero attached hydrogens (tertiary/aromatic N) is 4. The number of carbonyl (C=O) groups is 2. The van der Waals surface area contributed by atoms with Gasteiger partial charge in [0.05, 0.1) is 0 Å². The van der Waals surface area contributed by atoms with E-state index in [1.807, 2.05) is 13.8 Å². The Morgan fingerprint density at radius 3 is 2.67 bits per heavy atom. The highest BCUT2D eigenvalue weighted by Gasteiger charge is 2.17. The third kappa shape index (κ3) is 4.52. The van der Waals surface area contributed by atoms with Gasteiger partial charge in [-0.3, -0.25) is 9.59 Å². The molecule has 0 bridgehead atoms. The van der Waals surface area contributed by atoms with Gasteiger partial charge in [-0.05, 0) is 20.3 Å². The Labute approximate surface area is 105 Å². The number of carbonyl (C=O) groups excluding carboxylic acids is 1. The molecule has 1 aromatic rings. The standard InChI is InChI=1S/C11H18N4O3/c1-9(2)15(5-3-4-11(17)18)10(16)6-14-8-12-7-13-14/h7-9H,3-6H2,1-2H3,(H,17,18). The maximum absolute atomic E-state index is 12.0. The van der Waals surface area contributed by atoms with Crippen molar-refractivity contribution >= 4 is 11.9 Å². The Balaban J connectivity index is 2.50. The molecule has 0 saturated heterocycles. The van der Waals surface area contributed by atoms with E-state index in [1.165, 1.54) is 17.3 Å². The third-order valence-corrected chi connectivity index (χ3v) is 2.50. The summed E-state index contributed by atoms with van der Waals surface area (Å²) in [7, 11) is 0. The Hall–Kier alpha value is -1.92. The molecular formula is C11H18N4O3. The zero-order valence-corrected chi connectivity index (χ0v) is 10.6. The summed E-state index contributed by atoms with van der Waals surface area (Å²) in [4.78, 5) is 27.9. The molecule has 0 radical (unpaired) electrons. The second-order valence-electron chi connectivity index (χ2n) is 4.27. The highest BCUT2D eigenvalue weighted by atomic mass is 16.4. The third-order valence-electron chi connectivity index (χ3n) is 2.50. The van der Waals surface area contributed by atoms with Crippen molar-refractivity contribution in [3.8, 4) is 0 Å². The lowest BCUT2D eigenvalue weighted by Gasteiger charge is -2.26. The molecule has 0 fully saturated rings. The van der Waals surface area contributed by atoms with Crippen LogP contribution in [0.4, 0.5) is 0 Å². The van der Waals surface area contributed by atoms with Gasteiger partial charge in [-0.2, -0.15) is 5.10 Å². The van der Waals surface area contributed by atoms with Gasteiger partial charge in [0.15, 0.2) is 0 Å². The van der Waals surface area contributed by atoms with Crippen LogP contribution in [0.25, 0.3) is 0 Å². The van der Waals surface area contributed by atoms with Crippen LogP contribution in [0.1, 0.15) is 26.7 Å². The second-order valence-corrected chi connectivity index (χ2v) is 4.27. The van der Waals surface area contributed by atoms with Crippen LogP contribution in [0.5, 0.6) is 0 Å². The zero-order valence-electron chi connectivity index (χ0n) is 10.6. The molecule has 0 aliphatic carbocycles. The number of hydrogen-bond donors (Lipinski definition) is 1. The van der Waals surface area contributed by atoms with Gasteiger partial charge < -0.3 is 10.0 Å². The normalized spacial score (nSPS) is 10.6. The molecule has 0 unspecified atom stereocenters. The van der Waals surface area contributed by atoms with Crippen LogP contribution in [0.2, 0.25) is 0 Å². The van der Waals surface area contributed by atoms with E-state index in [0.717, 1.165) is 0 Å². The summed E-state index contributed by atoms with van der Waals surface area (Å²) < 4.78 is 1.45. The molecule has 7 nitrogen and oxygen atoms in total. The maximum atomic E-state index is 12.0. The van der Waals surface area contributed by atoms with Crippen molar-refractivity contribution < 1.29 is 14.7 Å². The van der Waals surface area contributed by atoms with Gasteiger partial charge >= 0.3 is 5.97 Å². The minimum Gasteiger partial charge on any atom is -0.481 e. The minimum atomic E-state index is -0.845. The van der Waals surface area contributed by atoms with Crippen molar-refractivity contribution in [3.63, 3.8) is 0 Å². The van der Waals surface area contributed by atoms with Crippen LogP contribution in [0.15, 0.2) is 12.7 Å². The van der Waals surface area contributed by atoms with Crippen molar-refractivity contribution in [2.24, 2.45) is 0 Å². The molecule has 0 spiro atoms. The summed E-state index contributed by atoms with van der Waals surface area (Å²) in [6.45, 7) is 4.38. The Morgan fingerprint density at radius 1 is 1.44 bits per heavy atom. The van der Waals surface area contributed by atoms with E-state index in [4.69, 9.17) is 5.11 Å². The van der Waals surface area contributed by atoms with E-state index in [2.05, 4.69) is 10.1 Å². The smallest absolute Gasteiger partial charge is 0.303 e. The predicted molar refractivity (Wildman–Crippen MR) is 63.7 cm³/mol. The number of amides is 1. The summed E-state index contributed by atoms with van der Waals surface area (Å²) >= 11 is 0. The van der Waals surface area contributed by atoms with E-state index >= 15 is 0 Å². The molecular weight excluding hydrogens is 236 g/mol. The summed E-state index contributed by atoms with van der Waals surface area (Å²) in [5.74, 6) is -0.927. The van der Waals surface area contributed by atoms with Crippen LogP contribution in [-0.2, 0) is 16.1 Å². The van der Waals surface area contributed by atoms with E-state index in [9.17, 15) is 9.59 Å². The van der Waals surface area contributed by atoms with Crippen molar-refractivity contribution in [1.82, 2.24) is 19.7 Å². The zero-order chi connectivity index (χ0) is 13.5. The van der Waals surface area contributed by atoms with Gasteiger partial charge in [-0.15, -0.1) is 0 Å². The van der Waals surface area contributed by atoms with E-state index in [-0.39, 0.29) is 24.9 Å². The summed E-state index contributed by atoms with van der Waals surface area (Å²) in [5.41, 5.74) is 0. The lowest BCUT2D eigenvalue weighted by molar-refractivity contribution is -0.138. The molecule has 0 atom stereocenters. The first-order chi connectivity index (χ1) is 8.50. The van der Waals surface area contributed by atoms with Gasteiger partial charge in [0.25, 0.3) is 0 Å². The number of hydrogen-bond acceptors (Lipinski definition) is 4. The lowest BCUT2D eigenvalue weighted by Crippen LogP contribution is -2.40. The van der Waals surface area contributed by atoms with Crippen LogP contribution in [-0.4, -0.2) is 49.2 Å². The highest BCUT2D eigenvalue weighted by Crippen LogP contribution is 2.04. The van der Waals surface area contributed by atoms with Gasteiger partial charge in [-0.25, -0.2) is 9.67 Å². The SMILES string of the molecule is CC(C)N(CCCC(=O)O)C(=O)Cn1cncn1. The van der Waals surface area contributed by atoms with Crippen LogP contribution in [0.3, 0.4) is 0 Å². The largest absolute Gasteiger partial charge is 0.481 e. The Kier molecular flexibility index (Phi) is 5.29. The molecule has 1 N–H and O–H groups in total. The molecule has 0 saturated carbocycles. The Morgan fingerprint density at radius 2 is 2.17 bits per heavy atom. The van der Waals surface area contributed by atoms with Crippen molar-refractivity contribution in [3.05, 3.63) is 12.7 Å². The average molecular weight is 254 g/mol. The van der Waals surface area contributed by atoms with Gasteiger partial charge in [0, 0.05) is 19.0 Å². The molecule has 100 valence electrons. The Bertz CT molecular complexity index is 389. The maximum Gasteiger partial charge on any atom is 0.303 e. The quantitative estimate of drug-likeness (QED) is 0.760. The van der Waals surface area contributed by atoms with E-state index in [0.29, 0.717) is 13.0 Å². The highest BCUT2D eigenvalue weighted by molar-refractivity contribution is 5.76. The predicted octanol–water partition coefficient (Wildman–Crippen LogP) is 0.380. The van der Waals surface area contributed by atoms with Gasteiger partial charge in [0.1, 0.15) is 19.2 Å². The van der Waals surface area contributed by atoms with Crippen LogP contribution < -0.4 is 0 Å². The first-order valence-corrected chi connectivity index (χ1v) is 5.84. The minimum absolute atomic E-state index is 0.0369. The fourth-order valence-corrected chi connectivity index (χ4v) is 1.62. The number of aromatic nitrogens is 3. The van der Waals surface area contributed by atoms with Crippen LogP contribution >= 0.6 is 0 Å². The summed E-state index contributed by atoms with van der Waals surface area (Å²) in [5, 5.41) is 12.5. The topological polar surface area (TPSA) is 88.3 Å². The second kappa shape index (κ2) is 6.73. The molecule has 1 aromatic heterocycles.